The third kappa shape index (κ3) is 3.27. The van der Waals surface area contributed by atoms with Crippen molar-refractivity contribution in [2.45, 2.75) is 23.8 Å². The fourth-order valence-electron chi connectivity index (χ4n) is 3.43. The molecule has 0 aliphatic heterocycles. The number of pyridine rings is 1. The van der Waals surface area contributed by atoms with E-state index in [1.54, 1.807) is 12.3 Å². The Hall–Kier alpha value is -3.43. The number of benzene rings is 2. The number of hydrogen-bond acceptors (Lipinski definition) is 6. The Morgan fingerprint density at radius 1 is 1.00 bits per heavy atom. The van der Waals surface area contributed by atoms with Crippen LogP contribution in [0.2, 0.25) is 0 Å². The molecular formula is C21H20N6O2S. The number of hydrogen-bond donors (Lipinski definition) is 3. The van der Waals surface area contributed by atoms with Crippen molar-refractivity contribution in [3.63, 3.8) is 0 Å². The summed E-state index contributed by atoms with van der Waals surface area (Å²) in [6.45, 7) is 0. The third-order valence-corrected chi connectivity index (χ3v) is 6.65. The van der Waals surface area contributed by atoms with Gasteiger partial charge in [0.05, 0.1) is 11.0 Å². The maximum Gasteiger partial charge on any atom is 0.244 e. The molecule has 0 saturated heterocycles. The summed E-state index contributed by atoms with van der Waals surface area (Å²) in [4.78, 5) is 8.55. The van der Waals surface area contributed by atoms with Crippen LogP contribution >= 0.6 is 0 Å². The maximum absolute atomic E-state index is 12.7. The number of anilines is 2. The van der Waals surface area contributed by atoms with Gasteiger partial charge in [0.25, 0.3) is 0 Å². The van der Waals surface area contributed by atoms with Crippen molar-refractivity contribution in [3.05, 3.63) is 60.8 Å². The maximum atomic E-state index is 12.7. The van der Waals surface area contributed by atoms with Gasteiger partial charge in [-0.2, -0.15) is 0 Å². The molecule has 1 aliphatic carbocycles. The van der Waals surface area contributed by atoms with Gasteiger partial charge in [-0.1, -0.05) is 24.3 Å². The summed E-state index contributed by atoms with van der Waals surface area (Å²) in [5, 5.41) is 0. The Balaban J connectivity index is 1.63. The second kappa shape index (κ2) is 6.82. The van der Waals surface area contributed by atoms with Crippen LogP contribution in [0.25, 0.3) is 27.8 Å². The van der Waals surface area contributed by atoms with E-state index in [1.165, 1.54) is 0 Å². The summed E-state index contributed by atoms with van der Waals surface area (Å²) in [6.07, 6.45) is 3.25. The predicted molar refractivity (Wildman–Crippen MR) is 116 cm³/mol. The highest BCUT2D eigenvalue weighted by molar-refractivity contribution is 7.89. The fraction of sp³-hybridized carbons (Fsp3) is 0.143. The van der Waals surface area contributed by atoms with Crippen LogP contribution in [0.1, 0.15) is 12.8 Å². The van der Waals surface area contributed by atoms with E-state index in [1.807, 2.05) is 53.1 Å². The van der Waals surface area contributed by atoms with Gasteiger partial charge < -0.3 is 11.5 Å². The molecule has 2 aromatic heterocycles. The summed E-state index contributed by atoms with van der Waals surface area (Å²) < 4.78 is 29.9. The first-order valence-corrected chi connectivity index (χ1v) is 11.0. The molecule has 0 radical (unpaired) electrons. The van der Waals surface area contributed by atoms with Crippen molar-refractivity contribution in [2.75, 3.05) is 11.5 Å². The predicted octanol–water partition coefficient (Wildman–Crippen LogP) is 2.69. The fourth-order valence-corrected chi connectivity index (χ4v) is 4.85. The largest absolute Gasteiger partial charge is 0.383 e. The first kappa shape index (κ1) is 18.6. The molecule has 30 heavy (non-hydrogen) atoms. The molecular weight excluding hydrogens is 400 g/mol. The van der Waals surface area contributed by atoms with Gasteiger partial charge >= 0.3 is 0 Å². The standard InChI is InChI=1S/C21H20N6O2S/c22-20-19(30(28,29)26-15-7-8-15)11-14(12-24-20)13-6-9-17-18(10-13)27(21(23)25-17)16-4-2-1-3-5-16/h1-6,9-12,15,26H,7-8H2,(H2,22,24)(H2,23,25). The number of nitrogen functional groups attached to an aromatic ring is 2. The minimum Gasteiger partial charge on any atom is -0.383 e. The Morgan fingerprint density at radius 3 is 2.50 bits per heavy atom. The summed E-state index contributed by atoms with van der Waals surface area (Å²) in [6, 6.07) is 16.9. The van der Waals surface area contributed by atoms with Crippen molar-refractivity contribution < 1.29 is 8.42 Å². The first-order valence-electron chi connectivity index (χ1n) is 9.54. The highest BCUT2D eigenvalue weighted by Crippen LogP contribution is 2.31. The molecule has 9 heteroatoms. The van der Waals surface area contributed by atoms with E-state index in [-0.39, 0.29) is 16.8 Å². The molecule has 5 N–H and O–H groups in total. The van der Waals surface area contributed by atoms with Crippen LogP contribution < -0.4 is 16.2 Å². The second-order valence-corrected chi connectivity index (χ2v) is 9.03. The lowest BCUT2D eigenvalue weighted by atomic mass is 10.1. The number of nitrogens with zero attached hydrogens (tertiary/aromatic N) is 3. The SMILES string of the molecule is Nc1ncc(-c2ccc3nc(N)n(-c4ccccc4)c3c2)cc1S(=O)(=O)NC1CC1. The third-order valence-electron chi connectivity index (χ3n) is 5.10. The van der Waals surface area contributed by atoms with Gasteiger partial charge in [-0.15, -0.1) is 0 Å². The van der Waals surface area contributed by atoms with Gasteiger partial charge in [0.2, 0.25) is 16.0 Å². The van der Waals surface area contributed by atoms with E-state index in [9.17, 15) is 8.42 Å². The van der Waals surface area contributed by atoms with E-state index >= 15 is 0 Å². The summed E-state index contributed by atoms with van der Waals surface area (Å²) in [5.41, 5.74) is 15.9. The topological polar surface area (TPSA) is 129 Å². The van der Waals surface area contributed by atoms with Crippen molar-refractivity contribution in [2.24, 2.45) is 0 Å². The van der Waals surface area contributed by atoms with Gasteiger partial charge in [0.15, 0.2) is 0 Å². The zero-order valence-electron chi connectivity index (χ0n) is 16.0. The van der Waals surface area contributed by atoms with E-state index in [4.69, 9.17) is 11.5 Å². The second-order valence-electron chi connectivity index (χ2n) is 7.35. The minimum atomic E-state index is -3.72. The highest BCUT2D eigenvalue weighted by atomic mass is 32.2. The van der Waals surface area contributed by atoms with Gasteiger partial charge in [0.1, 0.15) is 10.7 Å². The van der Waals surface area contributed by atoms with Crippen LogP contribution in [0.3, 0.4) is 0 Å². The number of nitrogens with two attached hydrogens (primary N) is 2. The normalized spacial score (nSPS) is 14.3. The molecule has 0 amide bonds. The van der Waals surface area contributed by atoms with Gasteiger partial charge in [0, 0.05) is 23.5 Å². The first-order chi connectivity index (χ1) is 14.4. The van der Waals surface area contributed by atoms with Crippen molar-refractivity contribution in [1.29, 1.82) is 0 Å². The van der Waals surface area contributed by atoms with E-state index in [0.29, 0.717) is 11.5 Å². The number of para-hydroxylation sites is 1. The smallest absolute Gasteiger partial charge is 0.244 e. The molecule has 0 unspecified atom stereocenters. The van der Waals surface area contributed by atoms with Crippen LogP contribution in [0.4, 0.5) is 11.8 Å². The summed E-state index contributed by atoms with van der Waals surface area (Å²) in [7, 11) is -3.72. The molecule has 1 fully saturated rings. The molecule has 0 spiro atoms. The molecule has 0 bridgehead atoms. The average molecular weight is 420 g/mol. The Morgan fingerprint density at radius 2 is 1.77 bits per heavy atom. The van der Waals surface area contributed by atoms with Crippen LogP contribution in [0, 0.1) is 0 Å². The van der Waals surface area contributed by atoms with Crippen LogP contribution in [-0.4, -0.2) is 29.0 Å². The minimum absolute atomic E-state index is 0.0110. The molecule has 2 aromatic carbocycles. The number of rotatable bonds is 5. The Bertz CT molecular complexity index is 1360. The molecule has 5 rings (SSSR count). The number of aromatic nitrogens is 3. The van der Waals surface area contributed by atoms with Crippen molar-refractivity contribution >= 4 is 32.8 Å². The van der Waals surface area contributed by atoms with Crippen molar-refractivity contribution in [3.8, 4) is 16.8 Å². The molecule has 2 heterocycles. The lowest BCUT2D eigenvalue weighted by molar-refractivity contribution is 0.581. The number of sulfonamides is 1. The molecule has 0 atom stereocenters. The van der Waals surface area contributed by atoms with Gasteiger partial charge in [-0.3, -0.25) is 4.57 Å². The number of imidazole rings is 1. The Kier molecular flexibility index (Phi) is 4.23. The zero-order valence-corrected chi connectivity index (χ0v) is 16.8. The monoisotopic (exact) mass is 420 g/mol. The average Bonchev–Trinajstić information content (AvgIpc) is 3.47. The molecule has 152 valence electrons. The lowest BCUT2D eigenvalue weighted by Gasteiger charge is -2.11. The van der Waals surface area contributed by atoms with Crippen LogP contribution in [-0.2, 0) is 10.0 Å². The number of nitrogens with one attached hydrogen (secondary N) is 1. The Labute approximate surface area is 173 Å². The lowest BCUT2D eigenvalue weighted by Crippen LogP contribution is -2.26. The quantitative estimate of drug-likeness (QED) is 0.455. The van der Waals surface area contributed by atoms with E-state index in [2.05, 4.69) is 14.7 Å². The summed E-state index contributed by atoms with van der Waals surface area (Å²) >= 11 is 0. The summed E-state index contributed by atoms with van der Waals surface area (Å²) in [5.74, 6) is 0.354. The van der Waals surface area contributed by atoms with Gasteiger partial charge in [-0.25, -0.2) is 23.1 Å². The van der Waals surface area contributed by atoms with Crippen molar-refractivity contribution in [1.82, 2.24) is 19.3 Å². The zero-order chi connectivity index (χ0) is 20.9. The molecule has 8 nitrogen and oxygen atoms in total. The van der Waals surface area contributed by atoms with E-state index in [0.717, 1.165) is 35.1 Å². The number of fused-ring (bicyclic) bond motifs is 1. The molecule has 4 aromatic rings. The molecule has 1 aliphatic rings. The van der Waals surface area contributed by atoms with E-state index < -0.39 is 10.0 Å². The molecule has 1 saturated carbocycles. The van der Waals surface area contributed by atoms with Gasteiger partial charge in [-0.05, 0) is 48.7 Å². The van der Waals surface area contributed by atoms with Crippen LogP contribution in [0.15, 0.2) is 65.7 Å². The van der Waals surface area contributed by atoms with Crippen LogP contribution in [0.5, 0.6) is 0 Å². The highest BCUT2D eigenvalue weighted by Gasteiger charge is 2.29.